The Morgan fingerprint density at radius 3 is 1.71 bits per heavy atom. The molecule has 0 bridgehead atoms. The number of anilines is 1. The van der Waals surface area contributed by atoms with Crippen LogP contribution >= 0.6 is 0 Å². The van der Waals surface area contributed by atoms with Gasteiger partial charge in [0, 0.05) is 5.69 Å². The molecule has 0 saturated heterocycles. The second-order valence-corrected chi connectivity index (χ2v) is 7.11. The predicted octanol–water partition coefficient (Wildman–Crippen LogP) is -2.00. The molecule has 0 atom stereocenters. The quantitative estimate of drug-likeness (QED) is 0.397. The van der Waals surface area contributed by atoms with Gasteiger partial charge in [-0.3, -0.25) is 0 Å². The first-order chi connectivity index (χ1) is 7.83. The summed E-state index contributed by atoms with van der Waals surface area (Å²) in [6.45, 7) is 0. The van der Waals surface area contributed by atoms with Gasteiger partial charge in [-0.2, -0.15) is 0 Å². The molecule has 0 unspecified atom stereocenters. The Bertz CT molecular complexity index is 465. The number of hydrogen-bond donors (Lipinski definition) is 1. The van der Waals surface area contributed by atoms with Crippen LogP contribution in [0.5, 0.6) is 0 Å². The Kier molecular flexibility index (Phi) is 2.13. The third-order valence-electron chi connectivity index (χ3n) is 5.05. The van der Waals surface area contributed by atoms with E-state index in [0.717, 1.165) is 5.69 Å². The van der Waals surface area contributed by atoms with Gasteiger partial charge in [-0.1, -0.05) is 40.5 Å². The molecule has 0 aromatic heterocycles. The third kappa shape index (κ3) is 1.44. The first-order valence-corrected chi connectivity index (χ1v) is 6.78. The minimum atomic E-state index is 0.317. The van der Waals surface area contributed by atoms with Gasteiger partial charge in [0.1, 0.15) is 31.4 Å². The van der Waals surface area contributed by atoms with Crippen molar-refractivity contribution in [2.45, 2.75) is 36.1 Å². The summed E-state index contributed by atoms with van der Waals surface area (Å²) >= 11 is 0. The van der Waals surface area contributed by atoms with Gasteiger partial charge in [-0.25, -0.2) is 0 Å². The first-order valence-electron chi connectivity index (χ1n) is 6.78. The van der Waals surface area contributed by atoms with Crippen LogP contribution < -0.4 is 5.73 Å². The lowest BCUT2D eigenvalue weighted by Crippen LogP contribution is -2.26. The fourth-order valence-corrected chi connectivity index (χ4v) is 3.68. The van der Waals surface area contributed by atoms with Gasteiger partial charge in [-0.15, -0.1) is 0 Å². The molecule has 0 radical (unpaired) electrons. The van der Waals surface area contributed by atoms with E-state index in [4.69, 9.17) is 5.73 Å². The van der Waals surface area contributed by atoms with Crippen LogP contribution in [0.15, 0.2) is 6.07 Å². The zero-order valence-electron chi connectivity index (χ0n) is 11.5. The maximum Gasteiger partial charge on any atom is 0.104 e. The molecule has 0 aliphatic heterocycles. The molecule has 0 fully saturated rings. The lowest BCUT2D eigenvalue weighted by atomic mass is 9.49. The van der Waals surface area contributed by atoms with E-state index >= 15 is 0 Å². The summed E-state index contributed by atoms with van der Waals surface area (Å²) in [7, 11) is 9.42. The van der Waals surface area contributed by atoms with E-state index in [9.17, 15) is 0 Å². The summed E-state index contributed by atoms with van der Waals surface area (Å²) in [5.74, 6) is 0. The number of fused-ring (bicyclic) bond motifs is 2. The molecule has 17 heavy (non-hydrogen) atoms. The molecular formula is C12H19B4N. The highest BCUT2D eigenvalue weighted by molar-refractivity contribution is 6.42. The minimum Gasteiger partial charge on any atom is -0.398 e. The largest absolute Gasteiger partial charge is 0.398 e. The summed E-state index contributed by atoms with van der Waals surface area (Å²) in [4.78, 5) is 0. The average Bonchev–Trinajstić information content (AvgIpc) is 2.68. The standard InChI is InChI=1S/C12H19B4N/c13-11(14)3-1-6-8(11)5-9-7(10(6)17)2-4-12(9,15)16/h5H,1-4,13-17H2. The Balaban J connectivity index is 2.28. The topological polar surface area (TPSA) is 26.0 Å². The van der Waals surface area contributed by atoms with Crippen molar-refractivity contribution in [2.75, 3.05) is 5.73 Å². The highest BCUT2D eigenvalue weighted by Gasteiger charge is 2.37. The number of benzene rings is 1. The maximum absolute atomic E-state index is 6.43. The Morgan fingerprint density at radius 2 is 1.29 bits per heavy atom. The van der Waals surface area contributed by atoms with Crippen LogP contribution in [0.1, 0.15) is 35.1 Å². The van der Waals surface area contributed by atoms with E-state index in [0.29, 0.717) is 10.4 Å². The highest BCUT2D eigenvalue weighted by Crippen LogP contribution is 2.45. The molecule has 0 saturated carbocycles. The second kappa shape index (κ2) is 3.18. The fraction of sp³-hybridized carbons (Fsp3) is 0.500. The fourth-order valence-electron chi connectivity index (χ4n) is 3.68. The molecular weight excluding hydrogens is 201 g/mol. The van der Waals surface area contributed by atoms with Crippen molar-refractivity contribution in [3.05, 3.63) is 28.3 Å². The van der Waals surface area contributed by atoms with E-state index in [1.54, 1.807) is 0 Å². The van der Waals surface area contributed by atoms with E-state index in [2.05, 4.69) is 37.5 Å². The SMILES string of the molecule is BC1(B)CCc2c1cc1c(c2N)CCC1(B)B. The van der Waals surface area contributed by atoms with Crippen molar-refractivity contribution >= 4 is 37.1 Å². The normalized spacial score (nSPS) is 23.3. The highest BCUT2D eigenvalue weighted by atomic mass is 14.6. The van der Waals surface area contributed by atoms with Crippen molar-refractivity contribution < 1.29 is 0 Å². The van der Waals surface area contributed by atoms with Gasteiger partial charge in [0.25, 0.3) is 0 Å². The molecule has 0 heterocycles. The van der Waals surface area contributed by atoms with Gasteiger partial charge in [0.2, 0.25) is 0 Å². The molecule has 2 aliphatic carbocycles. The number of rotatable bonds is 0. The van der Waals surface area contributed by atoms with E-state index in [1.807, 2.05) is 0 Å². The molecule has 5 heteroatoms. The molecule has 1 aromatic rings. The molecule has 2 aliphatic rings. The van der Waals surface area contributed by atoms with Crippen LogP contribution in [-0.2, 0) is 23.3 Å². The summed E-state index contributed by atoms with van der Waals surface area (Å²) < 4.78 is 0. The van der Waals surface area contributed by atoms with Crippen LogP contribution in [-0.4, -0.2) is 31.4 Å². The van der Waals surface area contributed by atoms with Gasteiger partial charge < -0.3 is 5.73 Å². The molecule has 1 aromatic carbocycles. The van der Waals surface area contributed by atoms with Gasteiger partial charge >= 0.3 is 0 Å². The van der Waals surface area contributed by atoms with E-state index in [-0.39, 0.29) is 0 Å². The monoisotopic (exact) mass is 221 g/mol. The van der Waals surface area contributed by atoms with Crippen LogP contribution in [0, 0.1) is 0 Å². The zero-order valence-corrected chi connectivity index (χ0v) is 11.5. The smallest absolute Gasteiger partial charge is 0.104 e. The predicted molar refractivity (Wildman–Crippen MR) is 85.0 cm³/mol. The summed E-state index contributed by atoms with van der Waals surface area (Å²) in [5.41, 5.74) is 13.5. The maximum atomic E-state index is 6.43. The lowest BCUT2D eigenvalue weighted by Gasteiger charge is -2.25. The Labute approximate surface area is 108 Å². The van der Waals surface area contributed by atoms with E-state index in [1.165, 1.54) is 47.9 Å². The van der Waals surface area contributed by atoms with Gasteiger partial charge in [-0.05, 0) is 24.0 Å². The van der Waals surface area contributed by atoms with Crippen molar-refractivity contribution in [1.82, 2.24) is 0 Å². The summed E-state index contributed by atoms with van der Waals surface area (Å²) in [5, 5.41) is 0.633. The molecule has 3 rings (SSSR count). The van der Waals surface area contributed by atoms with Crippen LogP contribution in [0.3, 0.4) is 0 Å². The van der Waals surface area contributed by atoms with Crippen molar-refractivity contribution in [3.63, 3.8) is 0 Å². The number of nitrogens with two attached hydrogens (primary N) is 1. The number of hydrogen-bond acceptors (Lipinski definition) is 1. The third-order valence-corrected chi connectivity index (χ3v) is 5.05. The molecule has 0 amide bonds. The summed E-state index contributed by atoms with van der Waals surface area (Å²) in [6, 6.07) is 2.47. The average molecular weight is 221 g/mol. The van der Waals surface area contributed by atoms with Crippen molar-refractivity contribution in [1.29, 1.82) is 0 Å². The summed E-state index contributed by atoms with van der Waals surface area (Å²) in [6.07, 6.45) is 4.83. The molecule has 1 nitrogen and oxygen atoms in total. The van der Waals surface area contributed by atoms with Crippen molar-refractivity contribution in [2.24, 2.45) is 0 Å². The van der Waals surface area contributed by atoms with Crippen LogP contribution in [0.2, 0.25) is 0 Å². The number of nitrogen functional groups attached to an aromatic ring is 1. The molecule has 2 N–H and O–H groups in total. The lowest BCUT2D eigenvalue weighted by molar-refractivity contribution is 0.797. The van der Waals surface area contributed by atoms with Crippen molar-refractivity contribution in [3.8, 4) is 0 Å². The van der Waals surface area contributed by atoms with E-state index < -0.39 is 0 Å². The Morgan fingerprint density at radius 1 is 0.882 bits per heavy atom. The molecule has 0 spiro atoms. The van der Waals surface area contributed by atoms with Crippen LogP contribution in [0.4, 0.5) is 5.69 Å². The van der Waals surface area contributed by atoms with Crippen LogP contribution in [0.25, 0.3) is 0 Å². The van der Waals surface area contributed by atoms with Gasteiger partial charge in [0.05, 0.1) is 0 Å². The Hall–Kier alpha value is -0.720. The first kappa shape index (κ1) is 11.4. The minimum absolute atomic E-state index is 0.317. The molecule has 84 valence electrons. The second-order valence-electron chi connectivity index (χ2n) is 7.11. The zero-order chi connectivity index (χ0) is 12.4. The van der Waals surface area contributed by atoms with Gasteiger partial charge in [0.15, 0.2) is 0 Å².